The Morgan fingerprint density at radius 2 is 1.74 bits per heavy atom. The smallest absolute Gasteiger partial charge is 0.271 e. The molecule has 0 unspecified atom stereocenters. The van der Waals surface area contributed by atoms with Gasteiger partial charge in [-0.15, -0.1) is 0 Å². The quantitative estimate of drug-likeness (QED) is 0.883. The van der Waals surface area contributed by atoms with E-state index >= 15 is 0 Å². The van der Waals surface area contributed by atoms with Gasteiger partial charge in [0.25, 0.3) is 5.91 Å². The SMILES string of the molecule is COc1cc(OC)cc(C(=O)N/N=C2/CCc3ccccc32)c1. The van der Waals surface area contributed by atoms with Crippen molar-refractivity contribution in [3.8, 4) is 11.5 Å². The fourth-order valence-corrected chi connectivity index (χ4v) is 2.65. The Balaban J connectivity index is 1.79. The van der Waals surface area contributed by atoms with Crippen LogP contribution in [0.3, 0.4) is 0 Å². The highest BCUT2D eigenvalue weighted by Gasteiger charge is 2.17. The number of benzene rings is 2. The number of aryl methyl sites for hydroxylation is 1. The zero-order chi connectivity index (χ0) is 16.2. The minimum Gasteiger partial charge on any atom is -0.497 e. The lowest BCUT2D eigenvalue weighted by Gasteiger charge is -2.08. The Bertz CT molecular complexity index is 746. The summed E-state index contributed by atoms with van der Waals surface area (Å²) >= 11 is 0. The molecule has 5 nitrogen and oxygen atoms in total. The summed E-state index contributed by atoms with van der Waals surface area (Å²) < 4.78 is 10.4. The Morgan fingerprint density at radius 3 is 2.43 bits per heavy atom. The number of methoxy groups -OCH3 is 2. The van der Waals surface area contributed by atoms with Gasteiger partial charge in [0.2, 0.25) is 0 Å². The molecule has 0 fully saturated rings. The van der Waals surface area contributed by atoms with E-state index in [4.69, 9.17) is 9.47 Å². The van der Waals surface area contributed by atoms with Crippen molar-refractivity contribution in [2.75, 3.05) is 14.2 Å². The lowest BCUT2D eigenvalue weighted by Crippen LogP contribution is -2.19. The molecule has 0 saturated heterocycles. The van der Waals surface area contributed by atoms with Gasteiger partial charge in [0.05, 0.1) is 19.9 Å². The minimum atomic E-state index is -0.293. The fraction of sp³-hybridized carbons (Fsp3) is 0.222. The number of carbonyl (C=O) groups excluding carboxylic acids is 1. The maximum Gasteiger partial charge on any atom is 0.271 e. The largest absolute Gasteiger partial charge is 0.497 e. The topological polar surface area (TPSA) is 59.9 Å². The minimum absolute atomic E-state index is 0.293. The first-order valence-corrected chi connectivity index (χ1v) is 7.39. The summed E-state index contributed by atoms with van der Waals surface area (Å²) in [4.78, 5) is 12.3. The average Bonchev–Trinajstić information content (AvgIpc) is 3.02. The lowest BCUT2D eigenvalue weighted by atomic mass is 10.1. The zero-order valence-corrected chi connectivity index (χ0v) is 13.1. The standard InChI is InChI=1S/C18H18N2O3/c1-22-14-9-13(10-15(11-14)23-2)18(21)20-19-17-8-7-12-5-3-4-6-16(12)17/h3-6,9-11H,7-8H2,1-2H3,(H,20,21)/b19-17-. The van der Waals surface area contributed by atoms with Gasteiger partial charge in [-0.25, -0.2) is 5.43 Å². The van der Waals surface area contributed by atoms with Crippen LogP contribution in [0.2, 0.25) is 0 Å². The van der Waals surface area contributed by atoms with Gasteiger partial charge in [0, 0.05) is 17.2 Å². The van der Waals surface area contributed by atoms with E-state index in [2.05, 4.69) is 16.6 Å². The van der Waals surface area contributed by atoms with Crippen molar-refractivity contribution in [1.29, 1.82) is 0 Å². The van der Waals surface area contributed by atoms with Crippen LogP contribution in [0.15, 0.2) is 47.6 Å². The average molecular weight is 310 g/mol. The second kappa shape index (κ2) is 6.52. The van der Waals surface area contributed by atoms with E-state index in [9.17, 15) is 4.79 Å². The highest BCUT2D eigenvalue weighted by molar-refractivity contribution is 6.05. The number of nitrogens with one attached hydrogen (secondary N) is 1. The highest BCUT2D eigenvalue weighted by atomic mass is 16.5. The lowest BCUT2D eigenvalue weighted by molar-refractivity contribution is 0.0954. The van der Waals surface area contributed by atoms with Gasteiger partial charge in [-0.1, -0.05) is 24.3 Å². The maximum atomic E-state index is 12.3. The van der Waals surface area contributed by atoms with Gasteiger partial charge in [-0.05, 0) is 30.5 Å². The molecule has 0 bridgehead atoms. The summed E-state index contributed by atoms with van der Waals surface area (Å²) in [6.07, 6.45) is 1.79. The summed E-state index contributed by atoms with van der Waals surface area (Å²) in [5.41, 5.74) is 6.34. The van der Waals surface area contributed by atoms with E-state index in [1.807, 2.05) is 18.2 Å². The molecule has 5 heteroatoms. The van der Waals surface area contributed by atoms with Gasteiger partial charge in [-0.3, -0.25) is 4.79 Å². The Hall–Kier alpha value is -2.82. The van der Waals surface area contributed by atoms with E-state index in [1.54, 1.807) is 32.4 Å². The van der Waals surface area contributed by atoms with Gasteiger partial charge in [0.15, 0.2) is 0 Å². The van der Waals surface area contributed by atoms with Gasteiger partial charge < -0.3 is 9.47 Å². The predicted octanol–water partition coefficient (Wildman–Crippen LogP) is 2.78. The predicted molar refractivity (Wildman–Crippen MR) is 88.3 cm³/mol. The summed E-state index contributed by atoms with van der Waals surface area (Å²) in [6.45, 7) is 0. The molecule has 0 aromatic heterocycles. The molecule has 2 aromatic rings. The van der Waals surface area contributed by atoms with Crippen molar-refractivity contribution in [3.63, 3.8) is 0 Å². The molecule has 0 spiro atoms. The van der Waals surface area contributed by atoms with Crippen LogP contribution in [0.4, 0.5) is 0 Å². The second-order valence-electron chi connectivity index (χ2n) is 5.26. The molecule has 2 aromatic carbocycles. The van der Waals surface area contributed by atoms with Crippen molar-refractivity contribution >= 4 is 11.6 Å². The van der Waals surface area contributed by atoms with E-state index < -0.39 is 0 Å². The van der Waals surface area contributed by atoms with Crippen LogP contribution in [0.1, 0.15) is 27.9 Å². The molecule has 1 N–H and O–H groups in total. The van der Waals surface area contributed by atoms with Gasteiger partial charge >= 0.3 is 0 Å². The third-order valence-corrected chi connectivity index (χ3v) is 3.87. The normalized spacial score (nSPS) is 14.4. The third-order valence-electron chi connectivity index (χ3n) is 3.87. The summed E-state index contributed by atoms with van der Waals surface area (Å²) in [5, 5.41) is 4.29. The van der Waals surface area contributed by atoms with Crippen LogP contribution in [0.25, 0.3) is 0 Å². The Labute approximate surface area is 134 Å². The maximum absolute atomic E-state index is 12.3. The number of carbonyl (C=O) groups is 1. The molecule has 1 aliphatic rings. The molecule has 23 heavy (non-hydrogen) atoms. The first-order valence-electron chi connectivity index (χ1n) is 7.39. The third kappa shape index (κ3) is 3.18. The molecule has 1 aliphatic carbocycles. The Morgan fingerprint density at radius 1 is 1.04 bits per heavy atom. The molecule has 3 rings (SSSR count). The molecule has 118 valence electrons. The van der Waals surface area contributed by atoms with Crippen LogP contribution in [-0.2, 0) is 6.42 Å². The number of rotatable bonds is 4. The summed E-state index contributed by atoms with van der Waals surface area (Å²) in [7, 11) is 3.10. The number of hydrogen-bond donors (Lipinski definition) is 1. The van der Waals surface area contributed by atoms with Crippen LogP contribution >= 0.6 is 0 Å². The number of fused-ring (bicyclic) bond motifs is 1. The van der Waals surface area contributed by atoms with Crippen molar-refractivity contribution < 1.29 is 14.3 Å². The molecular formula is C18H18N2O3. The van der Waals surface area contributed by atoms with E-state index in [0.717, 1.165) is 24.1 Å². The van der Waals surface area contributed by atoms with E-state index in [1.165, 1.54) is 5.56 Å². The number of hydrogen-bond acceptors (Lipinski definition) is 4. The molecule has 0 aliphatic heterocycles. The van der Waals surface area contributed by atoms with E-state index in [-0.39, 0.29) is 5.91 Å². The fourth-order valence-electron chi connectivity index (χ4n) is 2.65. The zero-order valence-electron chi connectivity index (χ0n) is 13.1. The van der Waals surface area contributed by atoms with Crippen molar-refractivity contribution in [1.82, 2.24) is 5.43 Å². The number of amides is 1. The second-order valence-corrected chi connectivity index (χ2v) is 5.26. The van der Waals surface area contributed by atoms with Gasteiger partial charge in [0.1, 0.15) is 11.5 Å². The number of hydrazone groups is 1. The van der Waals surface area contributed by atoms with Gasteiger partial charge in [-0.2, -0.15) is 5.10 Å². The number of nitrogens with zero attached hydrogens (tertiary/aromatic N) is 1. The first-order chi connectivity index (χ1) is 11.2. The van der Waals surface area contributed by atoms with Crippen LogP contribution in [-0.4, -0.2) is 25.8 Å². The molecule has 1 amide bonds. The Kier molecular flexibility index (Phi) is 4.28. The number of ether oxygens (including phenoxy) is 2. The van der Waals surface area contributed by atoms with Crippen LogP contribution in [0, 0.1) is 0 Å². The van der Waals surface area contributed by atoms with Crippen LogP contribution < -0.4 is 14.9 Å². The van der Waals surface area contributed by atoms with Crippen molar-refractivity contribution in [2.45, 2.75) is 12.8 Å². The highest BCUT2D eigenvalue weighted by Crippen LogP contribution is 2.23. The molecule has 0 heterocycles. The van der Waals surface area contributed by atoms with E-state index in [0.29, 0.717) is 17.1 Å². The molecule has 0 radical (unpaired) electrons. The van der Waals surface area contributed by atoms with Crippen molar-refractivity contribution in [3.05, 3.63) is 59.2 Å². The first kappa shape index (κ1) is 15.1. The summed E-state index contributed by atoms with van der Waals surface area (Å²) in [5.74, 6) is 0.834. The molecule has 0 atom stereocenters. The molecular weight excluding hydrogens is 292 g/mol. The van der Waals surface area contributed by atoms with Crippen molar-refractivity contribution in [2.24, 2.45) is 5.10 Å². The summed E-state index contributed by atoms with van der Waals surface area (Å²) in [6, 6.07) is 13.1. The molecule has 0 saturated carbocycles. The monoisotopic (exact) mass is 310 g/mol. The van der Waals surface area contributed by atoms with Crippen LogP contribution in [0.5, 0.6) is 11.5 Å².